The van der Waals surface area contributed by atoms with Gasteiger partial charge in [-0.3, -0.25) is 9.20 Å². The van der Waals surface area contributed by atoms with Gasteiger partial charge in [-0.25, -0.2) is 9.78 Å². The normalized spacial score (nSPS) is 14.1. The van der Waals surface area contributed by atoms with Gasteiger partial charge in [0, 0.05) is 43.5 Å². The highest BCUT2D eigenvalue weighted by Crippen LogP contribution is 2.31. The van der Waals surface area contributed by atoms with E-state index < -0.39 is 0 Å². The van der Waals surface area contributed by atoms with Crippen LogP contribution in [0.25, 0.3) is 26.4 Å². The second-order valence-electron chi connectivity index (χ2n) is 7.77. The molecule has 0 saturated carbocycles. The quantitative estimate of drug-likeness (QED) is 0.454. The van der Waals surface area contributed by atoms with Crippen LogP contribution in [0.1, 0.15) is 17.3 Å². The Morgan fingerprint density at radius 3 is 2.61 bits per heavy atom. The summed E-state index contributed by atoms with van der Waals surface area (Å²) in [6, 6.07) is 13.6. The van der Waals surface area contributed by atoms with Crippen molar-refractivity contribution in [2.75, 3.05) is 39.9 Å². The van der Waals surface area contributed by atoms with E-state index in [1.54, 1.807) is 35.2 Å². The second-order valence-corrected chi connectivity index (χ2v) is 8.78. The Bertz CT molecular complexity index is 1340. The van der Waals surface area contributed by atoms with Gasteiger partial charge in [0.25, 0.3) is 5.91 Å². The lowest BCUT2D eigenvalue weighted by Gasteiger charge is -2.34. The summed E-state index contributed by atoms with van der Waals surface area (Å²) < 4.78 is 13.4. The van der Waals surface area contributed by atoms with Crippen LogP contribution in [-0.2, 0) is 4.74 Å². The number of nitrogens with zero attached hydrogens (tertiary/aromatic N) is 4. The SMILES string of the molecule is CCOC(=O)N1CCN(C(=O)c2ccc3c(c2)sc2nc(-c4cccc(OC)c4)cn23)CC1. The van der Waals surface area contributed by atoms with Crippen LogP contribution >= 0.6 is 11.3 Å². The smallest absolute Gasteiger partial charge is 0.409 e. The Morgan fingerprint density at radius 2 is 1.85 bits per heavy atom. The molecule has 1 aliphatic heterocycles. The molecule has 8 nitrogen and oxygen atoms in total. The third-order valence-corrected chi connectivity index (χ3v) is 6.82. The average Bonchev–Trinajstić information content (AvgIpc) is 3.41. The fourth-order valence-electron chi connectivity index (χ4n) is 4.05. The van der Waals surface area contributed by atoms with Crippen LogP contribution in [0.15, 0.2) is 48.7 Å². The van der Waals surface area contributed by atoms with Crippen molar-refractivity contribution in [2.24, 2.45) is 0 Å². The number of piperazine rings is 1. The molecule has 0 aliphatic carbocycles. The van der Waals surface area contributed by atoms with Gasteiger partial charge in [-0.05, 0) is 37.3 Å². The highest BCUT2D eigenvalue weighted by atomic mass is 32.1. The minimum atomic E-state index is -0.318. The highest BCUT2D eigenvalue weighted by Gasteiger charge is 2.26. The number of methoxy groups -OCH3 is 1. The van der Waals surface area contributed by atoms with Gasteiger partial charge < -0.3 is 19.3 Å². The number of carbonyl (C=O) groups excluding carboxylic acids is 2. The number of thiazole rings is 1. The molecule has 4 aromatic rings. The molecule has 0 spiro atoms. The van der Waals surface area contributed by atoms with Gasteiger partial charge in [0.05, 0.1) is 29.6 Å². The molecule has 33 heavy (non-hydrogen) atoms. The maximum atomic E-state index is 13.1. The van der Waals surface area contributed by atoms with Crippen molar-refractivity contribution < 1.29 is 19.1 Å². The molecule has 170 valence electrons. The highest BCUT2D eigenvalue weighted by molar-refractivity contribution is 7.23. The number of hydrogen-bond acceptors (Lipinski definition) is 6. The summed E-state index contributed by atoms with van der Waals surface area (Å²) in [6.07, 6.45) is 1.69. The molecule has 2 aromatic heterocycles. The minimum Gasteiger partial charge on any atom is -0.497 e. The van der Waals surface area contributed by atoms with Crippen molar-refractivity contribution in [3.05, 3.63) is 54.2 Å². The fraction of sp³-hybridized carbons (Fsp3) is 0.292. The molecule has 2 amide bonds. The van der Waals surface area contributed by atoms with Crippen molar-refractivity contribution in [2.45, 2.75) is 6.92 Å². The molecule has 1 aliphatic rings. The van der Waals surface area contributed by atoms with Crippen LogP contribution in [0, 0.1) is 0 Å². The largest absolute Gasteiger partial charge is 0.497 e. The van der Waals surface area contributed by atoms with E-state index in [0.717, 1.165) is 32.2 Å². The lowest BCUT2D eigenvalue weighted by Crippen LogP contribution is -2.50. The fourth-order valence-corrected chi connectivity index (χ4v) is 5.09. The molecule has 1 fully saturated rings. The third-order valence-electron chi connectivity index (χ3n) is 5.80. The Balaban J connectivity index is 1.35. The van der Waals surface area contributed by atoms with Crippen LogP contribution in [-0.4, -0.2) is 71.1 Å². The second kappa shape index (κ2) is 8.74. The Morgan fingerprint density at radius 1 is 1.06 bits per heavy atom. The first-order valence-electron chi connectivity index (χ1n) is 10.8. The number of ether oxygens (including phenoxy) is 2. The number of aromatic nitrogens is 2. The van der Waals surface area contributed by atoms with Crippen LogP contribution in [0.3, 0.4) is 0 Å². The topological polar surface area (TPSA) is 76.4 Å². The van der Waals surface area contributed by atoms with Gasteiger partial charge in [-0.1, -0.05) is 23.5 Å². The zero-order chi connectivity index (χ0) is 22.9. The molecule has 0 bridgehead atoms. The monoisotopic (exact) mass is 464 g/mol. The Hall–Kier alpha value is -3.59. The molecule has 3 heterocycles. The summed E-state index contributed by atoms with van der Waals surface area (Å²) in [7, 11) is 1.65. The molecule has 0 atom stereocenters. The average molecular weight is 465 g/mol. The molecular formula is C24H24N4O4S. The number of hydrogen-bond donors (Lipinski definition) is 0. The summed E-state index contributed by atoms with van der Waals surface area (Å²) in [5, 5.41) is 0. The predicted molar refractivity (Wildman–Crippen MR) is 127 cm³/mol. The first-order chi connectivity index (χ1) is 16.1. The van der Waals surface area contributed by atoms with E-state index in [4.69, 9.17) is 14.5 Å². The predicted octanol–water partition coefficient (Wildman–Crippen LogP) is 4.14. The summed E-state index contributed by atoms with van der Waals surface area (Å²) in [5.74, 6) is 0.767. The maximum absolute atomic E-state index is 13.1. The number of imidazole rings is 1. The van der Waals surface area contributed by atoms with E-state index in [9.17, 15) is 9.59 Å². The van der Waals surface area contributed by atoms with Crippen molar-refractivity contribution in [3.8, 4) is 17.0 Å². The van der Waals surface area contributed by atoms with E-state index in [0.29, 0.717) is 38.3 Å². The van der Waals surface area contributed by atoms with E-state index in [1.165, 1.54) is 0 Å². The number of carbonyl (C=O) groups is 2. The van der Waals surface area contributed by atoms with Crippen LogP contribution in [0.5, 0.6) is 5.75 Å². The lowest BCUT2D eigenvalue weighted by atomic mass is 10.1. The number of benzene rings is 2. The molecule has 1 saturated heterocycles. The molecule has 0 unspecified atom stereocenters. The van der Waals surface area contributed by atoms with Crippen LogP contribution in [0.4, 0.5) is 4.79 Å². The summed E-state index contributed by atoms with van der Waals surface area (Å²) in [6.45, 7) is 4.08. The standard InChI is InChI=1S/C24H24N4O4S/c1-3-32-24(30)27-11-9-26(10-12-27)22(29)17-7-8-20-21(14-17)33-23-25-19(15-28(20)23)16-5-4-6-18(13-16)31-2/h4-8,13-15H,3,9-12H2,1-2H3. The maximum Gasteiger partial charge on any atom is 0.409 e. The lowest BCUT2D eigenvalue weighted by molar-refractivity contribution is 0.0570. The number of rotatable bonds is 4. The minimum absolute atomic E-state index is 0.0245. The summed E-state index contributed by atoms with van der Waals surface area (Å²) in [5.41, 5.74) is 3.53. The molecule has 0 radical (unpaired) electrons. The van der Waals surface area contributed by atoms with Gasteiger partial charge >= 0.3 is 6.09 Å². The molecule has 2 aromatic carbocycles. The van der Waals surface area contributed by atoms with Gasteiger partial charge in [0.2, 0.25) is 0 Å². The van der Waals surface area contributed by atoms with Gasteiger partial charge in [0.15, 0.2) is 4.96 Å². The van der Waals surface area contributed by atoms with Crippen molar-refractivity contribution in [1.29, 1.82) is 0 Å². The summed E-state index contributed by atoms with van der Waals surface area (Å²) in [4.78, 5) is 34.0. The van der Waals surface area contributed by atoms with E-state index in [-0.39, 0.29) is 12.0 Å². The van der Waals surface area contributed by atoms with Gasteiger partial charge in [0.1, 0.15) is 5.75 Å². The van der Waals surface area contributed by atoms with Crippen molar-refractivity contribution in [1.82, 2.24) is 19.2 Å². The van der Waals surface area contributed by atoms with Crippen molar-refractivity contribution in [3.63, 3.8) is 0 Å². The van der Waals surface area contributed by atoms with Gasteiger partial charge in [-0.15, -0.1) is 0 Å². The summed E-state index contributed by atoms with van der Waals surface area (Å²) >= 11 is 1.56. The Labute approximate surface area is 194 Å². The third kappa shape index (κ3) is 4.00. The number of fused-ring (bicyclic) bond motifs is 3. The van der Waals surface area contributed by atoms with E-state index >= 15 is 0 Å². The Kier molecular flexibility index (Phi) is 5.63. The van der Waals surface area contributed by atoms with E-state index in [1.807, 2.05) is 48.7 Å². The molecule has 5 rings (SSSR count). The van der Waals surface area contributed by atoms with Crippen LogP contribution < -0.4 is 4.74 Å². The zero-order valence-electron chi connectivity index (χ0n) is 18.5. The van der Waals surface area contributed by atoms with E-state index in [2.05, 4.69) is 4.40 Å². The molecule has 9 heteroatoms. The van der Waals surface area contributed by atoms with Gasteiger partial charge in [-0.2, -0.15) is 0 Å². The van der Waals surface area contributed by atoms with Crippen LogP contribution in [0.2, 0.25) is 0 Å². The first-order valence-corrected chi connectivity index (χ1v) is 11.7. The molecular weight excluding hydrogens is 440 g/mol. The molecule has 0 N–H and O–H groups in total. The zero-order valence-corrected chi connectivity index (χ0v) is 19.3. The number of amides is 2. The van der Waals surface area contributed by atoms with Crippen molar-refractivity contribution >= 4 is 38.5 Å². The first kappa shape index (κ1) is 21.3.